The van der Waals surface area contributed by atoms with E-state index in [2.05, 4.69) is 41.0 Å². The Kier molecular flexibility index (Phi) is 7.06. The molecule has 2 aromatic rings. The highest BCUT2D eigenvalue weighted by atomic mass is 16.5. The fraction of sp³-hybridized carbons (Fsp3) is 0.435. The number of hydrogen-bond donors (Lipinski definition) is 0. The fourth-order valence-electron chi connectivity index (χ4n) is 3.65. The maximum Gasteiger partial charge on any atom is 0.236 e. The second kappa shape index (κ2) is 9.71. The fourth-order valence-corrected chi connectivity index (χ4v) is 3.65. The van der Waals surface area contributed by atoms with Crippen LogP contribution in [0.25, 0.3) is 0 Å². The van der Waals surface area contributed by atoms with Crippen molar-refractivity contribution in [2.24, 2.45) is 0 Å². The van der Waals surface area contributed by atoms with E-state index in [1.54, 1.807) is 7.11 Å². The number of hydrogen-bond acceptors (Lipinski definition) is 4. The summed E-state index contributed by atoms with van der Waals surface area (Å²) in [4.78, 5) is 19.2. The van der Waals surface area contributed by atoms with Crippen LogP contribution in [0.1, 0.15) is 16.7 Å². The van der Waals surface area contributed by atoms with E-state index in [4.69, 9.17) is 4.74 Å². The van der Waals surface area contributed by atoms with Gasteiger partial charge in [0.05, 0.1) is 13.7 Å². The average Bonchev–Trinajstić information content (AvgIpc) is 2.69. The van der Waals surface area contributed by atoms with Crippen molar-refractivity contribution >= 4 is 5.91 Å². The van der Waals surface area contributed by atoms with Gasteiger partial charge in [0.15, 0.2) is 0 Å². The van der Waals surface area contributed by atoms with Gasteiger partial charge in [-0.25, -0.2) is 0 Å². The third kappa shape index (κ3) is 5.81. The number of benzene rings is 2. The Morgan fingerprint density at radius 1 is 1.04 bits per heavy atom. The first-order valence-electron chi connectivity index (χ1n) is 9.90. The summed E-state index contributed by atoms with van der Waals surface area (Å²) in [6.07, 6.45) is 0. The number of amides is 1. The molecule has 5 nitrogen and oxygen atoms in total. The Morgan fingerprint density at radius 3 is 2.39 bits per heavy atom. The first-order valence-corrected chi connectivity index (χ1v) is 9.90. The van der Waals surface area contributed by atoms with Crippen molar-refractivity contribution in [1.29, 1.82) is 0 Å². The van der Waals surface area contributed by atoms with E-state index < -0.39 is 0 Å². The van der Waals surface area contributed by atoms with E-state index in [1.807, 2.05) is 36.2 Å². The third-order valence-corrected chi connectivity index (χ3v) is 5.23. The van der Waals surface area contributed by atoms with E-state index in [0.717, 1.165) is 45.0 Å². The van der Waals surface area contributed by atoms with Crippen LogP contribution in [-0.4, -0.2) is 67.5 Å². The summed E-state index contributed by atoms with van der Waals surface area (Å²) in [5.41, 5.74) is 3.82. The summed E-state index contributed by atoms with van der Waals surface area (Å²) in [6.45, 7) is 7.77. The van der Waals surface area contributed by atoms with Gasteiger partial charge in [-0.05, 0) is 37.2 Å². The molecule has 1 aliphatic heterocycles. The molecule has 0 bridgehead atoms. The molecule has 0 aliphatic carbocycles. The quantitative estimate of drug-likeness (QED) is 0.739. The largest absolute Gasteiger partial charge is 0.497 e. The van der Waals surface area contributed by atoms with Crippen molar-refractivity contribution in [1.82, 2.24) is 14.7 Å². The maximum absolute atomic E-state index is 12.7. The lowest BCUT2D eigenvalue weighted by atomic mass is 10.1. The Morgan fingerprint density at radius 2 is 1.75 bits per heavy atom. The van der Waals surface area contributed by atoms with Gasteiger partial charge in [0.1, 0.15) is 5.75 Å². The van der Waals surface area contributed by atoms with E-state index in [9.17, 15) is 4.79 Å². The lowest BCUT2D eigenvalue weighted by Crippen LogP contribution is -2.50. The van der Waals surface area contributed by atoms with Gasteiger partial charge < -0.3 is 9.64 Å². The van der Waals surface area contributed by atoms with Crippen molar-refractivity contribution in [3.63, 3.8) is 0 Å². The van der Waals surface area contributed by atoms with Gasteiger partial charge >= 0.3 is 0 Å². The molecule has 1 amide bonds. The zero-order valence-corrected chi connectivity index (χ0v) is 17.2. The molecule has 150 valence electrons. The molecule has 0 unspecified atom stereocenters. The molecule has 1 fully saturated rings. The molecule has 28 heavy (non-hydrogen) atoms. The summed E-state index contributed by atoms with van der Waals surface area (Å²) >= 11 is 0. The van der Waals surface area contributed by atoms with Gasteiger partial charge in [0.2, 0.25) is 5.91 Å². The SMILES string of the molecule is COc1ccc(CN(C)CC(=O)N2CCN(Cc3cccc(C)c3)CC2)cc1. The van der Waals surface area contributed by atoms with Gasteiger partial charge in [-0.1, -0.05) is 42.0 Å². The van der Waals surface area contributed by atoms with E-state index >= 15 is 0 Å². The van der Waals surface area contributed by atoms with Gasteiger partial charge in [-0.15, -0.1) is 0 Å². The zero-order chi connectivity index (χ0) is 19.9. The molecule has 0 saturated carbocycles. The number of likely N-dealkylation sites (N-methyl/N-ethyl adjacent to an activating group) is 1. The summed E-state index contributed by atoms with van der Waals surface area (Å²) in [7, 11) is 3.66. The van der Waals surface area contributed by atoms with Crippen molar-refractivity contribution in [3.8, 4) is 5.75 Å². The zero-order valence-electron chi connectivity index (χ0n) is 17.2. The van der Waals surface area contributed by atoms with Crippen LogP contribution in [-0.2, 0) is 17.9 Å². The van der Waals surface area contributed by atoms with E-state index in [0.29, 0.717) is 6.54 Å². The maximum atomic E-state index is 12.7. The van der Waals surface area contributed by atoms with Crippen LogP contribution >= 0.6 is 0 Å². The second-order valence-electron chi connectivity index (χ2n) is 7.67. The number of nitrogens with zero attached hydrogens (tertiary/aromatic N) is 3. The third-order valence-electron chi connectivity index (χ3n) is 5.23. The summed E-state index contributed by atoms with van der Waals surface area (Å²) in [5, 5.41) is 0. The lowest BCUT2D eigenvalue weighted by molar-refractivity contribution is -0.134. The topological polar surface area (TPSA) is 36.0 Å². The minimum atomic E-state index is 0.214. The molecule has 1 aliphatic rings. The first-order chi connectivity index (χ1) is 13.5. The van der Waals surface area contributed by atoms with Gasteiger partial charge in [-0.3, -0.25) is 14.6 Å². The monoisotopic (exact) mass is 381 g/mol. The van der Waals surface area contributed by atoms with Crippen LogP contribution in [0.5, 0.6) is 5.75 Å². The highest BCUT2D eigenvalue weighted by molar-refractivity contribution is 5.78. The molecule has 0 radical (unpaired) electrons. The van der Waals surface area contributed by atoms with Gasteiger partial charge in [0, 0.05) is 39.3 Å². The predicted molar refractivity (Wildman–Crippen MR) is 112 cm³/mol. The lowest BCUT2D eigenvalue weighted by Gasteiger charge is -2.35. The molecule has 1 heterocycles. The molecular formula is C23H31N3O2. The molecular weight excluding hydrogens is 350 g/mol. The number of aryl methyl sites for hydroxylation is 1. The van der Waals surface area contributed by atoms with Gasteiger partial charge in [-0.2, -0.15) is 0 Å². The molecule has 0 atom stereocenters. The first kappa shape index (κ1) is 20.4. The molecule has 3 rings (SSSR count). The number of carbonyl (C=O) groups excluding carboxylic acids is 1. The highest BCUT2D eigenvalue weighted by Gasteiger charge is 2.22. The standard InChI is InChI=1S/C23H31N3O2/c1-19-5-4-6-21(15-19)17-25-11-13-26(14-12-25)23(27)18-24(2)16-20-7-9-22(28-3)10-8-20/h4-10,15H,11-14,16-18H2,1-3H3. The van der Waals surface area contributed by atoms with Crippen molar-refractivity contribution in [3.05, 3.63) is 65.2 Å². The average molecular weight is 382 g/mol. The number of carbonyl (C=O) groups is 1. The van der Waals surface area contributed by atoms with Crippen molar-refractivity contribution < 1.29 is 9.53 Å². The molecule has 5 heteroatoms. The molecule has 1 saturated heterocycles. The Balaban J connectivity index is 1.42. The number of piperazine rings is 1. The number of ether oxygens (including phenoxy) is 1. The molecule has 0 spiro atoms. The van der Waals surface area contributed by atoms with Crippen LogP contribution in [0.2, 0.25) is 0 Å². The summed E-state index contributed by atoms with van der Waals surface area (Å²) in [5.74, 6) is 1.07. The number of rotatable bonds is 7. The normalized spacial score (nSPS) is 15.1. The predicted octanol–water partition coefficient (Wildman–Crippen LogP) is 2.78. The van der Waals surface area contributed by atoms with Crippen LogP contribution < -0.4 is 4.74 Å². The van der Waals surface area contributed by atoms with E-state index in [-0.39, 0.29) is 5.91 Å². The summed E-state index contributed by atoms with van der Waals surface area (Å²) < 4.78 is 5.19. The minimum absolute atomic E-state index is 0.214. The highest BCUT2D eigenvalue weighted by Crippen LogP contribution is 2.13. The Bertz CT molecular complexity index is 768. The van der Waals surface area contributed by atoms with Crippen LogP contribution in [0, 0.1) is 6.92 Å². The van der Waals surface area contributed by atoms with Gasteiger partial charge in [0.25, 0.3) is 0 Å². The number of methoxy groups -OCH3 is 1. The summed E-state index contributed by atoms with van der Waals surface area (Å²) in [6, 6.07) is 16.7. The van der Waals surface area contributed by atoms with Crippen LogP contribution in [0.15, 0.2) is 48.5 Å². The van der Waals surface area contributed by atoms with Crippen molar-refractivity contribution in [2.45, 2.75) is 20.0 Å². The van der Waals surface area contributed by atoms with Crippen LogP contribution in [0.3, 0.4) is 0 Å². The van der Waals surface area contributed by atoms with E-state index in [1.165, 1.54) is 16.7 Å². The van der Waals surface area contributed by atoms with Crippen LogP contribution in [0.4, 0.5) is 0 Å². The molecule has 0 aromatic heterocycles. The minimum Gasteiger partial charge on any atom is -0.497 e. The smallest absolute Gasteiger partial charge is 0.236 e. The molecule has 0 N–H and O–H groups in total. The Hall–Kier alpha value is -2.37. The Labute approximate surface area is 168 Å². The van der Waals surface area contributed by atoms with Crippen molar-refractivity contribution in [2.75, 3.05) is 46.9 Å². The second-order valence-corrected chi connectivity index (χ2v) is 7.67. The molecule has 2 aromatic carbocycles.